The molecule has 4 rings (SSSR count). The molecule has 2 bridgehead atoms. The van der Waals surface area contributed by atoms with Gasteiger partial charge in [0.25, 0.3) is 0 Å². The van der Waals surface area contributed by atoms with Gasteiger partial charge in [0.1, 0.15) is 17.7 Å². The Hall–Kier alpha value is -2.89. The van der Waals surface area contributed by atoms with Crippen LogP contribution in [0.25, 0.3) is 11.3 Å². The predicted octanol–water partition coefficient (Wildman–Crippen LogP) is 2.99. The first-order chi connectivity index (χ1) is 12.1. The molecule has 1 N–H and O–H groups in total. The topological polar surface area (TPSA) is 51.5 Å². The smallest absolute Gasteiger partial charge is 0.164 e. The van der Waals surface area contributed by atoms with Crippen LogP contribution in [0.3, 0.4) is 0 Å². The van der Waals surface area contributed by atoms with Gasteiger partial charge in [0.05, 0.1) is 18.3 Å². The third-order valence-electron chi connectivity index (χ3n) is 4.36. The number of nitrogens with zero attached hydrogens (tertiary/aromatic N) is 3. The first kappa shape index (κ1) is 15.6. The summed E-state index contributed by atoms with van der Waals surface area (Å²) in [6, 6.07) is 6.60. The van der Waals surface area contributed by atoms with E-state index in [9.17, 15) is 4.39 Å². The van der Waals surface area contributed by atoms with Gasteiger partial charge in [-0.25, -0.2) is 13.9 Å². The molecule has 6 heteroatoms. The van der Waals surface area contributed by atoms with Gasteiger partial charge in [0.2, 0.25) is 0 Å². The van der Waals surface area contributed by atoms with Crippen LogP contribution >= 0.6 is 0 Å². The zero-order valence-corrected chi connectivity index (χ0v) is 14.0. The molecule has 1 atom stereocenters. The molecule has 0 spiro atoms. The maximum absolute atomic E-state index is 13.7. The van der Waals surface area contributed by atoms with Crippen molar-refractivity contribution in [2.75, 3.05) is 6.54 Å². The summed E-state index contributed by atoms with van der Waals surface area (Å²) < 4.78 is 21.4. The molecule has 3 aromatic rings. The number of nitrogens with one attached hydrogen (secondary N) is 1. The van der Waals surface area contributed by atoms with Crippen LogP contribution in [0, 0.1) is 5.82 Å². The second-order valence-electron chi connectivity index (χ2n) is 6.29. The van der Waals surface area contributed by atoms with Crippen LogP contribution in [0.4, 0.5) is 4.39 Å². The molecule has 0 saturated carbocycles. The highest BCUT2D eigenvalue weighted by molar-refractivity contribution is 5.73. The normalized spacial score (nSPS) is 17.8. The Morgan fingerprint density at radius 2 is 2.20 bits per heavy atom. The predicted molar refractivity (Wildman–Crippen MR) is 93.9 cm³/mol. The highest BCUT2D eigenvalue weighted by atomic mass is 19.1. The average Bonchev–Trinajstić information content (AvgIpc) is 3.02. The Balaban J connectivity index is 1.77. The summed E-state index contributed by atoms with van der Waals surface area (Å²) in [5.74, 6) is 0.456. The maximum atomic E-state index is 13.7. The summed E-state index contributed by atoms with van der Waals surface area (Å²) >= 11 is 0. The molecular weight excluding hydrogens is 319 g/mol. The van der Waals surface area contributed by atoms with E-state index in [1.807, 2.05) is 19.2 Å². The van der Waals surface area contributed by atoms with E-state index in [4.69, 9.17) is 9.72 Å². The minimum absolute atomic E-state index is 0.0937. The van der Waals surface area contributed by atoms with Gasteiger partial charge in [-0.05, 0) is 49.6 Å². The molecular formula is C19H19FN4O. The molecule has 25 heavy (non-hydrogen) atoms. The Labute approximate surface area is 145 Å². The summed E-state index contributed by atoms with van der Waals surface area (Å²) in [7, 11) is 0. The van der Waals surface area contributed by atoms with Crippen molar-refractivity contribution in [3.63, 3.8) is 0 Å². The number of hydrogen-bond donors (Lipinski definition) is 1. The van der Waals surface area contributed by atoms with Crippen molar-refractivity contribution in [3.8, 4) is 5.75 Å². The zero-order chi connectivity index (χ0) is 17.4. The molecule has 0 saturated heterocycles. The summed E-state index contributed by atoms with van der Waals surface area (Å²) in [6.07, 6.45) is 4.90. The van der Waals surface area contributed by atoms with E-state index in [0.29, 0.717) is 25.1 Å². The summed E-state index contributed by atoms with van der Waals surface area (Å²) in [5, 5.41) is 7.60. The Kier molecular flexibility index (Phi) is 3.87. The van der Waals surface area contributed by atoms with Crippen molar-refractivity contribution < 1.29 is 9.13 Å². The number of ether oxygens (including phenoxy) is 1. The molecule has 2 aromatic heterocycles. The minimum Gasteiger partial charge on any atom is -0.489 e. The Morgan fingerprint density at radius 1 is 1.32 bits per heavy atom. The third kappa shape index (κ3) is 3.07. The van der Waals surface area contributed by atoms with E-state index < -0.39 is 0 Å². The van der Waals surface area contributed by atoms with E-state index in [1.54, 1.807) is 16.8 Å². The van der Waals surface area contributed by atoms with E-state index in [-0.39, 0.29) is 11.9 Å². The third-order valence-corrected chi connectivity index (χ3v) is 4.36. The van der Waals surface area contributed by atoms with Crippen LogP contribution in [0.15, 0.2) is 43.2 Å². The van der Waals surface area contributed by atoms with Gasteiger partial charge in [0.15, 0.2) is 5.65 Å². The fraction of sp³-hybridized carbons (Fsp3) is 0.263. The van der Waals surface area contributed by atoms with Gasteiger partial charge in [-0.2, -0.15) is 5.10 Å². The second-order valence-corrected chi connectivity index (χ2v) is 6.29. The van der Waals surface area contributed by atoms with Crippen molar-refractivity contribution >= 4 is 11.3 Å². The lowest BCUT2D eigenvalue weighted by Crippen LogP contribution is -2.28. The van der Waals surface area contributed by atoms with Gasteiger partial charge in [-0.1, -0.05) is 6.58 Å². The number of aryl methyl sites for hydroxylation is 2. The van der Waals surface area contributed by atoms with Gasteiger partial charge >= 0.3 is 0 Å². The van der Waals surface area contributed by atoms with Crippen LogP contribution in [0.5, 0.6) is 5.75 Å². The number of hydrogen-bond acceptors (Lipinski definition) is 4. The summed E-state index contributed by atoms with van der Waals surface area (Å²) in [6.45, 7) is 6.64. The van der Waals surface area contributed by atoms with Crippen molar-refractivity contribution in [1.29, 1.82) is 0 Å². The van der Waals surface area contributed by atoms with E-state index in [2.05, 4.69) is 17.0 Å². The molecule has 0 unspecified atom stereocenters. The molecule has 5 nitrogen and oxygen atoms in total. The highest BCUT2D eigenvalue weighted by Crippen LogP contribution is 2.24. The van der Waals surface area contributed by atoms with Crippen LogP contribution < -0.4 is 10.1 Å². The van der Waals surface area contributed by atoms with Crippen LogP contribution in [-0.2, 0) is 12.8 Å². The van der Waals surface area contributed by atoms with Gasteiger partial charge in [-0.3, -0.25) is 0 Å². The zero-order valence-electron chi connectivity index (χ0n) is 14.0. The maximum Gasteiger partial charge on any atom is 0.164 e. The lowest BCUT2D eigenvalue weighted by atomic mass is 10.1. The van der Waals surface area contributed by atoms with Crippen LogP contribution in [-0.4, -0.2) is 27.2 Å². The second kappa shape index (κ2) is 6.20. The van der Waals surface area contributed by atoms with Gasteiger partial charge in [-0.15, -0.1) is 0 Å². The number of halogens is 1. The molecule has 1 aromatic carbocycles. The molecule has 3 heterocycles. The first-order valence-corrected chi connectivity index (χ1v) is 8.31. The molecule has 0 aliphatic carbocycles. The fourth-order valence-corrected chi connectivity index (χ4v) is 3.00. The molecule has 128 valence electrons. The van der Waals surface area contributed by atoms with Crippen molar-refractivity contribution in [1.82, 2.24) is 19.9 Å². The molecule has 0 radical (unpaired) electrons. The number of benzene rings is 1. The lowest BCUT2D eigenvalue weighted by Gasteiger charge is -2.19. The minimum atomic E-state index is -0.257. The van der Waals surface area contributed by atoms with Gasteiger partial charge in [0, 0.05) is 17.6 Å². The van der Waals surface area contributed by atoms with Crippen LogP contribution in [0.2, 0.25) is 0 Å². The molecule has 1 aliphatic rings. The standard InChI is InChI=1S/C19H19FN4O/c1-12-10-21-13(2)17-11-22-24-8-7-16(23-19(17)24)5-3-14-9-15(20)4-6-18(14)25-12/h4,6-9,11-12,21H,2-3,5,10H2,1H3/t12-/m0/s1. The van der Waals surface area contributed by atoms with Crippen molar-refractivity contribution in [3.05, 3.63) is 65.9 Å². The summed E-state index contributed by atoms with van der Waals surface area (Å²) in [5.41, 5.74) is 4.16. The van der Waals surface area contributed by atoms with E-state index in [1.165, 1.54) is 12.1 Å². The number of rotatable bonds is 0. The van der Waals surface area contributed by atoms with E-state index in [0.717, 1.165) is 28.2 Å². The molecule has 0 fully saturated rings. The van der Waals surface area contributed by atoms with Gasteiger partial charge < -0.3 is 10.1 Å². The monoisotopic (exact) mass is 338 g/mol. The van der Waals surface area contributed by atoms with Crippen LogP contribution in [0.1, 0.15) is 23.7 Å². The quantitative estimate of drug-likeness (QED) is 0.685. The molecule has 1 aliphatic heterocycles. The summed E-state index contributed by atoms with van der Waals surface area (Å²) in [4.78, 5) is 4.71. The van der Waals surface area contributed by atoms with Crippen molar-refractivity contribution in [2.45, 2.75) is 25.9 Å². The van der Waals surface area contributed by atoms with E-state index >= 15 is 0 Å². The fourth-order valence-electron chi connectivity index (χ4n) is 3.00. The number of fused-ring (bicyclic) bond motifs is 2. The Morgan fingerprint density at radius 3 is 3.08 bits per heavy atom. The average molecular weight is 338 g/mol. The number of aromatic nitrogens is 3. The lowest BCUT2D eigenvalue weighted by molar-refractivity contribution is 0.221. The molecule has 0 amide bonds. The highest BCUT2D eigenvalue weighted by Gasteiger charge is 2.15. The van der Waals surface area contributed by atoms with Crippen molar-refractivity contribution in [2.24, 2.45) is 0 Å². The SMILES string of the molecule is C=C1NC[C@H](C)Oc2ccc(F)cc2CCc2ccn3ncc1c3n2. The largest absolute Gasteiger partial charge is 0.489 e. The first-order valence-electron chi connectivity index (χ1n) is 8.31. The Bertz CT molecular complexity index is 950.